The second-order valence-electron chi connectivity index (χ2n) is 4.22. The zero-order valence-corrected chi connectivity index (χ0v) is 9.32. The van der Waals surface area contributed by atoms with Crippen LogP contribution in [0.4, 0.5) is 14.9 Å². The Labute approximate surface area is 98.8 Å². The summed E-state index contributed by atoms with van der Waals surface area (Å²) in [6.07, 6.45) is 1.52. The van der Waals surface area contributed by atoms with Crippen LogP contribution in [0.25, 0.3) is 0 Å². The molecule has 17 heavy (non-hydrogen) atoms. The zero-order chi connectivity index (χ0) is 12.3. The number of anilines is 1. The summed E-state index contributed by atoms with van der Waals surface area (Å²) in [5.41, 5.74) is 0.130. The molecule has 0 aromatic heterocycles. The molecule has 1 unspecified atom stereocenters. The molecular weight excluding hydrogens is 223 g/mol. The van der Waals surface area contributed by atoms with Gasteiger partial charge in [-0.1, -0.05) is 12.1 Å². The van der Waals surface area contributed by atoms with Crippen molar-refractivity contribution in [2.75, 3.05) is 11.9 Å². The Hall–Kier alpha value is -1.62. The number of aliphatic hydroxyl groups is 1. The fraction of sp³-hybridized carbons (Fsp3) is 0.417. The molecule has 1 aliphatic carbocycles. The van der Waals surface area contributed by atoms with Gasteiger partial charge in [0.1, 0.15) is 5.82 Å². The molecule has 0 bridgehead atoms. The van der Waals surface area contributed by atoms with E-state index in [9.17, 15) is 14.3 Å². The largest absolute Gasteiger partial charge is 0.391 e. The molecule has 2 amide bonds. The molecule has 0 saturated heterocycles. The van der Waals surface area contributed by atoms with E-state index in [1.54, 1.807) is 12.1 Å². The maximum absolute atomic E-state index is 13.2. The predicted octanol–water partition coefficient (Wildman–Crippen LogP) is 1.72. The Morgan fingerprint density at radius 2 is 2.18 bits per heavy atom. The lowest BCUT2D eigenvalue weighted by Crippen LogP contribution is -2.36. The first-order valence-corrected chi connectivity index (χ1v) is 5.64. The number of carbonyl (C=O) groups is 1. The van der Waals surface area contributed by atoms with Gasteiger partial charge in [-0.05, 0) is 30.9 Å². The van der Waals surface area contributed by atoms with Crippen LogP contribution in [0.1, 0.15) is 12.8 Å². The van der Waals surface area contributed by atoms with Crippen molar-refractivity contribution in [3.63, 3.8) is 0 Å². The van der Waals surface area contributed by atoms with Gasteiger partial charge >= 0.3 is 6.03 Å². The molecule has 1 aromatic carbocycles. The predicted molar refractivity (Wildman–Crippen MR) is 62.2 cm³/mol. The number of carbonyl (C=O) groups excluding carboxylic acids is 1. The van der Waals surface area contributed by atoms with Crippen LogP contribution in [0.15, 0.2) is 24.3 Å². The number of para-hydroxylation sites is 1. The highest BCUT2D eigenvalue weighted by Gasteiger charge is 2.29. The maximum atomic E-state index is 13.2. The maximum Gasteiger partial charge on any atom is 0.319 e. The Balaban J connectivity index is 1.78. The van der Waals surface area contributed by atoms with Crippen LogP contribution in [0, 0.1) is 11.7 Å². The van der Waals surface area contributed by atoms with Crippen molar-refractivity contribution in [1.29, 1.82) is 0 Å². The molecule has 4 nitrogen and oxygen atoms in total. The Kier molecular flexibility index (Phi) is 3.58. The van der Waals surface area contributed by atoms with Gasteiger partial charge in [-0.2, -0.15) is 0 Å². The van der Waals surface area contributed by atoms with Gasteiger partial charge in [-0.3, -0.25) is 0 Å². The first kappa shape index (κ1) is 11.9. The molecule has 0 heterocycles. The number of aliphatic hydroxyl groups excluding tert-OH is 1. The van der Waals surface area contributed by atoms with Crippen molar-refractivity contribution < 1.29 is 14.3 Å². The number of hydrogen-bond donors (Lipinski definition) is 3. The topological polar surface area (TPSA) is 61.4 Å². The molecule has 2 rings (SSSR count). The third-order valence-corrected chi connectivity index (χ3v) is 2.76. The zero-order valence-electron chi connectivity index (χ0n) is 9.32. The fourth-order valence-corrected chi connectivity index (χ4v) is 1.57. The number of hydrogen-bond acceptors (Lipinski definition) is 2. The monoisotopic (exact) mass is 238 g/mol. The highest BCUT2D eigenvalue weighted by atomic mass is 19.1. The quantitative estimate of drug-likeness (QED) is 0.748. The van der Waals surface area contributed by atoms with Crippen LogP contribution >= 0.6 is 0 Å². The van der Waals surface area contributed by atoms with Gasteiger partial charge in [-0.15, -0.1) is 0 Å². The first-order valence-electron chi connectivity index (χ1n) is 5.64. The van der Waals surface area contributed by atoms with Crippen LogP contribution < -0.4 is 10.6 Å². The van der Waals surface area contributed by atoms with E-state index in [1.807, 2.05) is 0 Å². The Bertz CT molecular complexity index is 407. The van der Waals surface area contributed by atoms with Crippen LogP contribution in [0.3, 0.4) is 0 Å². The molecular formula is C12H15FN2O2. The van der Waals surface area contributed by atoms with Crippen LogP contribution in [-0.4, -0.2) is 23.8 Å². The molecule has 1 aromatic rings. The standard InChI is InChI=1S/C12H15FN2O2/c13-9-3-1-2-4-10(9)15-12(17)14-7-11(16)8-5-6-8/h1-4,8,11,16H,5-7H2,(H2,14,15,17). The number of amides is 2. The van der Waals surface area contributed by atoms with Crippen molar-refractivity contribution in [3.8, 4) is 0 Å². The van der Waals surface area contributed by atoms with E-state index in [2.05, 4.69) is 10.6 Å². The molecule has 1 atom stereocenters. The van der Waals surface area contributed by atoms with Crippen molar-refractivity contribution in [3.05, 3.63) is 30.1 Å². The van der Waals surface area contributed by atoms with Gasteiger partial charge in [0, 0.05) is 6.54 Å². The highest BCUT2D eigenvalue weighted by molar-refractivity contribution is 5.89. The van der Waals surface area contributed by atoms with E-state index in [4.69, 9.17) is 0 Å². The summed E-state index contributed by atoms with van der Waals surface area (Å²) >= 11 is 0. The molecule has 5 heteroatoms. The summed E-state index contributed by atoms with van der Waals surface area (Å²) in [5, 5.41) is 14.4. The third kappa shape index (κ3) is 3.42. The van der Waals surface area contributed by atoms with Crippen LogP contribution in [0.2, 0.25) is 0 Å². The summed E-state index contributed by atoms with van der Waals surface area (Å²) in [6.45, 7) is 0.199. The highest BCUT2D eigenvalue weighted by Crippen LogP contribution is 2.32. The lowest BCUT2D eigenvalue weighted by atomic mass is 10.2. The van der Waals surface area contributed by atoms with Gasteiger partial charge in [0.05, 0.1) is 11.8 Å². The summed E-state index contributed by atoms with van der Waals surface area (Å²) in [5.74, 6) is -0.172. The molecule has 3 N–H and O–H groups in total. The minimum absolute atomic E-state index is 0.130. The van der Waals surface area contributed by atoms with Crippen LogP contribution in [0.5, 0.6) is 0 Å². The number of rotatable bonds is 4. The third-order valence-electron chi connectivity index (χ3n) is 2.76. The molecule has 0 aliphatic heterocycles. The Morgan fingerprint density at radius 3 is 2.82 bits per heavy atom. The van der Waals surface area contributed by atoms with E-state index in [0.29, 0.717) is 5.92 Å². The molecule has 1 saturated carbocycles. The number of urea groups is 1. The van der Waals surface area contributed by atoms with Crippen molar-refractivity contribution >= 4 is 11.7 Å². The van der Waals surface area contributed by atoms with E-state index < -0.39 is 18.0 Å². The summed E-state index contributed by atoms with van der Waals surface area (Å²) in [6, 6.07) is 5.43. The molecule has 1 aliphatic rings. The molecule has 92 valence electrons. The van der Waals surface area contributed by atoms with Crippen molar-refractivity contribution in [1.82, 2.24) is 5.32 Å². The van der Waals surface area contributed by atoms with E-state index in [0.717, 1.165) is 12.8 Å². The van der Waals surface area contributed by atoms with Gasteiger partial charge in [0.2, 0.25) is 0 Å². The van der Waals surface area contributed by atoms with Gasteiger partial charge < -0.3 is 15.7 Å². The van der Waals surface area contributed by atoms with Gasteiger partial charge in [0.15, 0.2) is 0 Å². The van der Waals surface area contributed by atoms with Gasteiger partial charge in [0.25, 0.3) is 0 Å². The van der Waals surface area contributed by atoms with Crippen molar-refractivity contribution in [2.45, 2.75) is 18.9 Å². The normalized spacial score (nSPS) is 16.4. The number of halogens is 1. The van der Waals surface area contributed by atoms with E-state index >= 15 is 0 Å². The number of benzene rings is 1. The minimum atomic E-state index is -0.505. The second kappa shape index (κ2) is 5.14. The Morgan fingerprint density at radius 1 is 1.47 bits per heavy atom. The average Bonchev–Trinajstić information content (AvgIpc) is 3.13. The SMILES string of the molecule is O=C(NCC(O)C1CC1)Nc1ccccc1F. The molecule has 1 fully saturated rings. The first-order chi connectivity index (χ1) is 8.16. The lowest BCUT2D eigenvalue weighted by Gasteiger charge is -2.11. The summed E-state index contributed by atoms with van der Waals surface area (Å²) < 4.78 is 13.2. The second-order valence-corrected chi connectivity index (χ2v) is 4.22. The summed E-state index contributed by atoms with van der Waals surface area (Å²) in [7, 11) is 0. The fourth-order valence-electron chi connectivity index (χ4n) is 1.57. The average molecular weight is 238 g/mol. The molecule has 0 radical (unpaired) electrons. The van der Waals surface area contributed by atoms with E-state index in [-0.39, 0.29) is 12.2 Å². The van der Waals surface area contributed by atoms with Crippen LogP contribution in [-0.2, 0) is 0 Å². The van der Waals surface area contributed by atoms with Crippen molar-refractivity contribution in [2.24, 2.45) is 5.92 Å². The lowest BCUT2D eigenvalue weighted by molar-refractivity contribution is 0.150. The molecule has 0 spiro atoms. The number of nitrogens with one attached hydrogen (secondary N) is 2. The van der Waals surface area contributed by atoms with Gasteiger partial charge in [-0.25, -0.2) is 9.18 Å². The smallest absolute Gasteiger partial charge is 0.319 e. The van der Waals surface area contributed by atoms with E-state index in [1.165, 1.54) is 12.1 Å². The summed E-state index contributed by atoms with van der Waals surface area (Å²) in [4.78, 5) is 11.4. The minimum Gasteiger partial charge on any atom is -0.391 e.